The molecule has 158 valence electrons. The van der Waals surface area contributed by atoms with Gasteiger partial charge in [-0.15, -0.1) is 11.3 Å². The highest BCUT2D eigenvalue weighted by Crippen LogP contribution is 2.30. The van der Waals surface area contributed by atoms with Crippen LogP contribution in [0.2, 0.25) is 0 Å². The van der Waals surface area contributed by atoms with Crippen LogP contribution in [0.5, 0.6) is 0 Å². The van der Waals surface area contributed by atoms with Crippen molar-refractivity contribution in [1.82, 2.24) is 19.8 Å². The molecule has 4 aromatic rings. The van der Waals surface area contributed by atoms with Gasteiger partial charge >= 0.3 is 0 Å². The Labute approximate surface area is 182 Å². The SMILES string of the molecule is Cc1ccc(C(=O)N2CCN(Cc3nc4sc(-c5ccccc5)cc4c(=O)[nH]3)CC2)o1. The maximum atomic E-state index is 12.6. The van der Waals surface area contributed by atoms with Crippen molar-refractivity contribution in [3.05, 3.63) is 76.2 Å². The molecular formula is C23H22N4O3S. The third-order valence-electron chi connectivity index (χ3n) is 5.49. The molecule has 7 nitrogen and oxygen atoms in total. The number of aromatic amines is 1. The number of hydrogen-bond donors (Lipinski definition) is 1. The van der Waals surface area contributed by atoms with E-state index in [4.69, 9.17) is 9.40 Å². The van der Waals surface area contributed by atoms with Crippen LogP contribution in [0.3, 0.4) is 0 Å². The Morgan fingerprint density at radius 2 is 1.90 bits per heavy atom. The first kappa shape index (κ1) is 19.7. The summed E-state index contributed by atoms with van der Waals surface area (Å²) >= 11 is 1.53. The van der Waals surface area contributed by atoms with E-state index in [0.717, 1.165) is 21.0 Å². The zero-order valence-electron chi connectivity index (χ0n) is 17.1. The number of carbonyl (C=O) groups is 1. The van der Waals surface area contributed by atoms with E-state index < -0.39 is 0 Å². The molecule has 1 aliphatic heterocycles. The number of carbonyl (C=O) groups excluding carboxylic acids is 1. The smallest absolute Gasteiger partial charge is 0.289 e. The largest absolute Gasteiger partial charge is 0.456 e. The van der Waals surface area contributed by atoms with Crippen LogP contribution >= 0.6 is 11.3 Å². The highest BCUT2D eigenvalue weighted by atomic mass is 32.1. The summed E-state index contributed by atoms with van der Waals surface area (Å²) in [6, 6.07) is 15.4. The summed E-state index contributed by atoms with van der Waals surface area (Å²) in [6.45, 7) is 5.03. The van der Waals surface area contributed by atoms with Crippen molar-refractivity contribution in [2.45, 2.75) is 13.5 Å². The lowest BCUT2D eigenvalue weighted by atomic mass is 10.2. The number of amides is 1. The molecule has 0 bridgehead atoms. The van der Waals surface area contributed by atoms with E-state index in [0.29, 0.717) is 49.7 Å². The number of aromatic nitrogens is 2. The quantitative estimate of drug-likeness (QED) is 0.532. The number of H-pyrrole nitrogens is 1. The predicted octanol–water partition coefficient (Wildman–Crippen LogP) is 3.51. The zero-order valence-corrected chi connectivity index (χ0v) is 17.9. The minimum atomic E-state index is -0.111. The van der Waals surface area contributed by atoms with E-state index in [2.05, 4.69) is 9.88 Å². The van der Waals surface area contributed by atoms with E-state index in [1.807, 2.05) is 43.3 Å². The summed E-state index contributed by atoms with van der Waals surface area (Å²) in [5, 5.41) is 0.622. The van der Waals surface area contributed by atoms with Crippen LogP contribution in [-0.2, 0) is 6.54 Å². The third kappa shape index (κ3) is 4.04. The first-order valence-electron chi connectivity index (χ1n) is 10.2. The molecule has 8 heteroatoms. The second-order valence-electron chi connectivity index (χ2n) is 7.69. The summed E-state index contributed by atoms with van der Waals surface area (Å²) < 4.78 is 5.46. The first-order chi connectivity index (χ1) is 15.1. The van der Waals surface area contributed by atoms with E-state index in [1.54, 1.807) is 17.0 Å². The van der Waals surface area contributed by atoms with Crippen LogP contribution in [0.25, 0.3) is 20.7 Å². The van der Waals surface area contributed by atoms with Gasteiger partial charge in [0.2, 0.25) is 0 Å². The summed E-state index contributed by atoms with van der Waals surface area (Å²) in [7, 11) is 0. The summed E-state index contributed by atoms with van der Waals surface area (Å²) in [6.07, 6.45) is 0. The van der Waals surface area contributed by atoms with E-state index in [-0.39, 0.29) is 11.5 Å². The Bertz CT molecular complexity index is 1280. The fraction of sp³-hybridized carbons (Fsp3) is 0.261. The van der Waals surface area contributed by atoms with Crippen molar-refractivity contribution in [3.63, 3.8) is 0 Å². The molecule has 1 N–H and O–H groups in total. The van der Waals surface area contributed by atoms with E-state index in [9.17, 15) is 9.59 Å². The van der Waals surface area contributed by atoms with Gasteiger partial charge in [0.1, 0.15) is 16.4 Å². The number of nitrogens with zero attached hydrogens (tertiary/aromatic N) is 3. The molecule has 0 aliphatic carbocycles. The molecule has 4 heterocycles. The van der Waals surface area contributed by atoms with Gasteiger partial charge in [-0.2, -0.15) is 0 Å². The second kappa shape index (κ2) is 8.13. The maximum absolute atomic E-state index is 12.6. The van der Waals surface area contributed by atoms with Crippen LogP contribution in [0.15, 0.2) is 57.7 Å². The molecule has 5 rings (SSSR count). The minimum absolute atomic E-state index is 0.0762. The second-order valence-corrected chi connectivity index (χ2v) is 8.72. The Balaban J connectivity index is 1.28. The molecule has 1 aliphatic rings. The molecule has 1 fully saturated rings. The number of thiophene rings is 1. The molecule has 1 aromatic carbocycles. The average Bonchev–Trinajstić information content (AvgIpc) is 3.41. The number of aryl methyl sites for hydroxylation is 1. The Morgan fingerprint density at radius 3 is 2.61 bits per heavy atom. The van der Waals surface area contributed by atoms with Gasteiger partial charge in [0.05, 0.1) is 11.9 Å². The first-order valence-corrected chi connectivity index (χ1v) is 11.0. The fourth-order valence-electron chi connectivity index (χ4n) is 3.82. The van der Waals surface area contributed by atoms with Gasteiger partial charge in [0.15, 0.2) is 5.76 Å². The average molecular weight is 435 g/mol. The zero-order chi connectivity index (χ0) is 21.4. The lowest BCUT2D eigenvalue weighted by Gasteiger charge is -2.33. The molecule has 0 spiro atoms. The molecule has 3 aromatic heterocycles. The summed E-state index contributed by atoms with van der Waals surface area (Å²) in [5.41, 5.74) is 0.972. The molecule has 1 amide bonds. The van der Waals surface area contributed by atoms with E-state index >= 15 is 0 Å². The standard InChI is InChI=1S/C23H22N4O3S/c1-15-7-8-18(30-15)23(29)27-11-9-26(10-12-27)14-20-24-21(28)17-13-19(31-22(17)25-20)16-5-3-2-4-6-16/h2-8,13H,9-12,14H2,1H3,(H,24,25,28). The Kier molecular flexibility index (Phi) is 5.17. The van der Waals surface area contributed by atoms with Crippen LogP contribution in [-0.4, -0.2) is 51.9 Å². The third-order valence-corrected chi connectivity index (χ3v) is 6.57. The van der Waals surface area contributed by atoms with Gasteiger partial charge in [-0.25, -0.2) is 4.98 Å². The number of fused-ring (bicyclic) bond motifs is 1. The van der Waals surface area contributed by atoms with Crippen LogP contribution in [0, 0.1) is 6.92 Å². The molecule has 0 atom stereocenters. The highest BCUT2D eigenvalue weighted by molar-refractivity contribution is 7.21. The van der Waals surface area contributed by atoms with Gasteiger partial charge in [0, 0.05) is 31.1 Å². The van der Waals surface area contributed by atoms with Crippen molar-refractivity contribution in [2.75, 3.05) is 26.2 Å². The Hall–Kier alpha value is -3.23. The van der Waals surface area contributed by atoms with Crippen molar-refractivity contribution in [3.8, 4) is 10.4 Å². The van der Waals surface area contributed by atoms with Gasteiger partial charge in [-0.3, -0.25) is 14.5 Å². The van der Waals surface area contributed by atoms with E-state index in [1.165, 1.54) is 11.3 Å². The molecule has 31 heavy (non-hydrogen) atoms. The highest BCUT2D eigenvalue weighted by Gasteiger charge is 2.24. The topological polar surface area (TPSA) is 82.4 Å². The number of benzene rings is 1. The number of nitrogens with one attached hydrogen (secondary N) is 1. The number of furan rings is 1. The van der Waals surface area contributed by atoms with Crippen LogP contribution in [0.4, 0.5) is 0 Å². The molecule has 0 saturated carbocycles. The normalized spacial score (nSPS) is 14.9. The number of piperazine rings is 1. The molecular weight excluding hydrogens is 412 g/mol. The lowest BCUT2D eigenvalue weighted by Crippen LogP contribution is -2.48. The van der Waals surface area contributed by atoms with Gasteiger partial charge < -0.3 is 14.3 Å². The van der Waals surface area contributed by atoms with Gasteiger partial charge in [0.25, 0.3) is 11.5 Å². The monoisotopic (exact) mass is 434 g/mol. The predicted molar refractivity (Wildman–Crippen MR) is 120 cm³/mol. The van der Waals surface area contributed by atoms with Crippen molar-refractivity contribution in [1.29, 1.82) is 0 Å². The fourth-order valence-corrected chi connectivity index (χ4v) is 4.88. The molecule has 0 radical (unpaired) electrons. The lowest BCUT2D eigenvalue weighted by molar-refractivity contribution is 0.0593. The minimum Gasteiger partial charge on any atom is -0.456 e. The van der Waals surface area contributed by atoms with Crippen LogP contribution in [0.1, 0.15) is 22.1 Å². The van der Waals surface area contributed by atoms with Crippen molar-refractivity contribution >= 4 is 27.5 Å². The summed E-state index contributed by atoms with van der Waals surface area (Å²) in [4.78, 5) is 38.6. The maximum Gasteiger partial charge on any atom is 0.289 e. The van der Waals surface area contributed by atoms with Crippen molar-refractivity contribution < 1.29 is 9.21 Å². The van der Waals surface area contributed by atoms with Crippen LogP contribution < -0.4 is 5.56 Å². The van der Waals surface area contributed by atoms with Gasteiger partial charge in [-0.1, -0.05) is 30.3 Å². The molecule has 1 saturated heterocycles. The number of hydrogen-bond acceptors (Lipinski definition) is 6. The van der Waals surface area contributed by atoms with Crippen molar-refractivity contribution in [2.24, 2.45) is 0 Å². The summed E-state index contributed by atoms with van der Waals surface area (Å²) in [5.74, 6) is 1.69. The molecule has 0 unspecified atom stereocenters. The number of rotatable bonds is 4. The van der Waals surface area contributed by atoms with Gasteiger partial charge in [-0.05, 0) is 30.7 Å². The Morgan fingerprint density at radius 1 is 1.13 bits per heavy atom.